The molecule has 36 heavy (non-hydrogen) atoms. The average molecular weight is 561 g/mol. The van der Waals surface area contributed by atoms with E-state index in [4.69, 9.17) is 4.74 Å². The van der Waals surface area contributed by atoms with Crippen LogP contribution in [0.4, 0.5) is 5.13 Å². The number of aromatic nitrogens is 1. The van der Waals surface area contributed by atoms with Crippen LogP contribution in [-0.2, 0) is 9.59 Å². The Balaban J connectivity index is 1.59. The molecule has 1 atom stereocenters. The molecule has 0 saturated heterocycles. The minimum absolute atomic E-state index is 0.0135. The zero-order valence-corrected chi connectivity index (χ0v) is 21.6. The van der Waals surface area contributed by atoms with Gasteiger partial charge in [-0.3, -0.25) is 14.5 Å². The van der Waals surface area contributed by atoms with Crippen molar-refractivity contribution in [1.82, 2.24) is 4.98 Å². The molecular weight excluding hydrogens is 540 g/mol. The third kappa shape index (κ3) is 4.57. The van der Waals surface area contributed by atoms with Crippen LogP contribution in [0.3, 0.4) is 0 Å². The molecule has 4 aromatic rings. The summed E-state index contributed by atoms with van der Waals surface area (Å²) in [5.41, 5.74) is 2.22. The number of aliphatic hydroxyl groups excluding tert-OH is 1. The first-order chi connectivity index (χ1) is 17.5. The van der Waals surface area contributed by atoms with E-state index in [9.17, 15) is 14.7 Å². The minimum atomic E-state index is -0.838. The largest absolute Gasteiger partial charge is 0.503 e. The first-order valence-electron chi connectivity index (χ1n) is 11.3. The number of amides is 1. The van der Waals surface area contributed by atoms with Crippen LogP contribution >= 0.6 is 27.3 Å². The monoisotopic (exact) mass is 560 g/mol. The fourth-order valence-corrected chi connectivity index (χ4v) is 5.56. The van der Waals surface area contributed by atoms with Crippen LogP contribution in [0.1, 0.15) is 24.1 Å². The number of carbonyl (C=O) groups excluding carboxylic acids is 2. The van der Waals surface area contributed by atoms with Gasteiger partial charge in [0.2, 0.25) is 0 Å². The summed E-state index contributed by atoms with van der Waals surface area (Å²) in [4.78, 5) is 32.8. The highest BCUT2D eigenvalue weighted by Gasteiger charge is 2.45. The number of nitrogens with zero attached hydrogens (tertiary/aromatic N) is 2. The second kappa shape index (κ2) is 10.1. The molecule has 2 heterocycles. The molecule has 180 valence electrons. The van der Waals surface area contributed by atoms with E-state index in [2.05, 4.69) is 20.9 Å². The minimum Gasteiger partial charge on any atom is -0.503 e. The number of allylic oxidation sites excluding steroid dienone is 1. The second-order valence-electron chi connectivity index (χ2n) is 8.06. The second-order valence-corrected chi connectivity index (χ2v) is 9.99. The topological polar surface area (TPSA) is 79.7 Å². The van der Waals surface area contributed by atoms with Gasteiger partial charge in [0, 0.05) is 4.47 Å². The summed E-state index contributed by atoms with van der Waals surface area (Å²) in [6, 6.07) is 21.4. The highest BCUT2D eigenvalue weighted by molar-refractivity contribution is 9.10. The van der Waals surface area contributed by atoms with Gasteiger partial charge in [0.25, 0.3) is 5.91 Å². The van der Waals surface area contributed by atoms with Crippen LogP contribution in [0, 0.1) is 0 Å². The summed E-state index contributed by atoms with van der Waals surface area (Å²) in [5.74, 6) is -0.978. The molecule has 3 aromatic carbocycles. The van der Waals surface area contributed by atoms with Gasteiger partial charge in [-0.1, -0.05) is 75.8 Å². The van der Waals surface area contributed by atoms with E-state index in [1.807, 2.05) is 79.7 Å². The number of anilines is 1. The Hall–Kier alpha value is -3.75. The fraction of sp³-hybridized carbons (Fsp3) is 0.107. The van der Waals surface area contributed by atoms with E-state index in [1.54, 1.807) is 6.08 Å². The first kappa shape index (κ1) is 24.0. The zero-order valence-electron chi connectivity index (χ0n) is 19.2. The van der Waals surface area contributed by atoms with Crippen LogP contribution in [0.5, 0.6) is 5.75 Å². The number of aliphatic hydroxyl groups is 1. The number of rotatable bonds is 7. The van der Waals surface area contributed by atoms with Gasteiger partial charge in [-0.15, -0.1) is 0 Å². The number of thiazole rings is 1. The predicted octanol–water partition coefficient (Wildman–Crippen LogP) is 6.64. The average Bonchev–Trinajstić information content (AvgIpc) is 3.41. The molecule has 1 aliphatic rings. The van der Waals surface area contributed by atoms with E-state index in [0.29, 0.717) is 28.6 Å². The lowest BCUT2D eigenvalue weighted by atomic mass is 9.96. The van der Waals surface area contributed by atoms with Gasteiger partial charge in [-0.2, -0.15) is 0 Å². The van der Waals surface area contributed by atoms with Crippen molar-refractivity contribution in [2.45, 2.75) is 13.0 Å². The van der Waals surface area contributed by atoms with E-state index < -0.39 is 23.5 Å². The number of hydrogen-bond donors (Lipinski definition) is 1. The van der Waals surface area contributed by atoms with Gasteiger partial charge in [0.15, 0.2) is 16.7 Å². The summed E-state index contributed by atoms with van der Waals surface area (Å²) in [6.45, 7) is 2.44. The Labute approximate surface area is 220 Å². The Bertz CT molecular complexity index is 1530. The lowest BCUT2D eigenvalue weighted by Crippen LogP contribution is -2.30. The normalized spacial score (nSPS) is 15.9. The van der Waals surface area contributed by atoms with E-state index >= 15 is 0 Å². The Morgan fingerprint density at radius 1 is 1.14 bits per heavy atom. The molecule has 0 bridgehead atoms. The third-order valence-electron chi connectivity index (χ3n) is 5.73. The standard InChI is InChI=1S/C28H21BrN2O4S/c1-2-35-20-12-13-21-23(16-20)36-28(30-21)31-25(18-9-6-10-19(29)15-18)24(26(33)27(31)34)22(32)14-11-17-7-4-3-5-8-17/h3-16,25,33H,2H2,1H3/b14-11+. The number of benzene rings is 3. The molecule has 8 heteroatoms. The summed E-state index contributed by atoms with van der Waals surface area (Å²) in [7, 11) is 0. The number of fused-ring (bicyclic) bond motifs is 1. The molecule has 0 radical (unpaired) electrons. The van der Waals surface area contributed by atoms with Gasteiger partial charge < -0.3 is 9.84 Å². The van der Waals surface area contributed by atoms with Crippen LogP contribution in [-0.4, -0.2) is 28.4 Å². The Morgan fingerprint density at radius 3 is 2.69 bits per heavy atom. The highest BCUT2D eigenvalue weighted by Crippen LogP contribution is 2.44. The summed E-state index contributed by atoms with van der Waals surface area (Å²) in [5, 5.41) is 11.3. The number of carbonyl (C=O) groups is 2. The maximum Gasteiger partial charge on any atom is 0.296 e. The first-order valence-corrected chi connectivity index (χ1v) is 12.9. The molecule has 5 rings (SSSR count). The maximum atomic E-state index is 13.4. The quantitative estimate of drug-likeness (QED) is 0.256. The highest BCUT2D eigenvalue weighted by atomic mass is 79.9. The number of hydrogen-bond acceptors (Lipinski definition) is 6. The van der Waals surface area contributed by atoms with Gasteiger partial charge >= 0.3 is 0 Å². The molecule has 1 unspecified atom stereocenters. The molecule has 0 aliphatic carbocycles. The molecule has 1 N–H and O–H groups in total. The van der Waals surface area contributed by atoms with Crippen molar-refractivity contribution in [1.29, 1.82) is 0 Å². The summed E-state index contributed by atoms with van der Waals surface area (Å²) in [6.07, 6.45) is 3.05. The molecule has 1 amide bonds. The zero-order chi connectivity index (χ0) is 25.2. The van der Waals surface area contributed by atoms with Crippen molar-refractivity contribution in [3.8, 4) is 5.75 Å². The molecule has 0 spiro atoms. The van der Waals surface area contributed by atoms with E-state index in [1.165, 1.54) is 22.3 Å². The van der Waals surface area contributed by atoms with Crippen molar-refractivity contribution in [3.63, 3.8) is 0 Å². The van der Waals surface area contributed by atoms with Crippen molar-refractivity contribution in [3.05, 3.63) is 106 Å². The molecule has 0 fully saturated rings. The van der Waals surface area contributed by atoms with Crippen molar-refractivity contribution >= 4 is 60.4 Å². The SMILES string of the molecule is CCOc1ccc2nc(N3C(=O)C(O)=C(C(=O)/C=C/c4ccccc4)C3c3cccc(Br)c3)sc2c1. The van der Waals surface area contributed by atoms with Gasteiger partial charge in [-0.05, 0) is 54.5 Å². The molecule has 0 saturated carbocycles. The maximum absolute atomic E-state index is 13.4. The van der Waals surface area contributed by atoms with Crippen molar-refractivity contribution < 1.29 is 19.4 Å². The van der Waals surface area contributed by atoms with Gasteiger partial charge in [0.05, 0.1) is 28.4 Å². The fourth-order valence-electron chi connectivity index (χ4n) is 4.12. The number of halogens is 1. The summed E-state index contributed by atoms with van der Waals surface area (Å²) < 4.78 is 7.22. The van der Waals surface area contributed by atoms with Gasteiger partial charge in [0.1, 0.15) is 5.75 Å². The van der Waals surface area contributed by atoms with E-state index in [-0.39, 0.29) is 5.57 Å². The smallest absolute Gasteiger partial charge is 0.296 e. The Morgan fingerprint density at radius 2 is 1.94 bits per heavy atom. The summed E-state index contributed by atoms with van der Waals surface area (Å²) >= 11 is 4.78. The van der Waals surface area contributed by atoms with E-state index in [0.717, 1.165) is 14.7 Å². The van der Waals surface area contributed by atoms with Crippen molar-refractivity contribution in [2.75, 3.05) is 11.5 Å². The van der Waals surface area contributed by atoms with Crippen LogP contribution in [0.25, 0.3) is 16.3 Å². The molecule has 6 nitrogen and oxygen atoms in total. The van der Waals surface area contributed by atoms with Crippen LogP contribution in [0.15, 0.2) is 94.7 Å². The number of ether oxygens (including phenoxy) is 1. The van der Waals surface area contributed by atoms with Crippen molar-refractivity contribution in [2.24, 2.45) is 0 Å². The number of ketones is 1. The Kier molecular flexibility index (Phi) is 6.71. The van der Waals surface area contributed by atoms with Crippen LogP contribution < -0.4 is 9.64 Å². The lowest BCUT2D eigenvalue weighted by molar-refractivity contribution is -0.117. The predicted molar refractivity (Wildman–Crippen MR) is 145 cm³/mol. The third-order valence-corrected chi connectivity index (χ3v) is 7.24. The van der Waals surface area contributed by atoms with Gasteiger partial charge in [-0.25, -0.2) is 4.98 Å². The molecule has 1 aromatic heterocycles. The molecule has 1 aliphatic heterocycles. The molecular formula is C28H21BrN2O4S. The lowest BCUT2D eigenvalue weighted by Gasteiger charge is -2.24. The van der Waals surface area contributed by atoms with Crippen LogP contribution in [0.2, 0.25) is 0 Å².